The van der Waals surface area contributed by atoms with E-state index in [9.17, 15) is 0 Å². The predicted octanol–water partition coefficient (Wildman–Crippen LogP) is 6.71. The molecule has 1 heterocycles. The predicted molar refractivity (Wildman–Crippen MR) is 93.6 cm³/mol. The average Bonchev–Trinajstić information content (AvgIpc) is 2.87. The standard InChI is InChI=1S/C18H14Cl2S/c1-12-11-21-18(16(12)19)17(20)15-9-7-14(8-10-15)13-5-3-2-4-6-13/h2-11,17H,1H3. The smallest absolute Gasteiger partial charge is 0.0942 e. The Hall–Kier alpha value is -1.28. The molecule has 0 fully saturated rings. The Morgan fingerprint density at radius 2 is 1.52 bits per heavy atom. The second kappa shape index (κ2) is 6.23. The van der Waals surface area contributed by atoms with Gasteiger partial charge in [0.1, 0.15) is 0 Å². The minimum atomic E-state index is -0.193. The topological polar surface area (TPSA) is 0 Å². The normalized spacial score (nSPS) is 12.3. The molecule has 0 spiro atoms. The van der Waals surface area contributed by atoms with E-state index in [0.717, 1.165) is 21.0 Å². The van der Waals surface area contributed by atoms with Gasteiger partial charge in [0.25, 0.3) is 0 Å². The third-order valence-corrected chi connectivity index (χ3v) is 5.84. The lowest BCUT2D eigenvalue weighted by molar-refractivity contribution is 1.18. The number of aryl methyl sites for hydroxylation is 1. The van der Waals surface area contributed by atoms with Crippen LogP contribution in [0.5, 0.6) is 0 Å². The molecule has 0 aliphatic heterocycles. The second-order valence-corrected chi connectivity index (χ2v) is 6.67. The molecule has 1 atom stereocenters. The Bertz CT molecular complexity index is 730. The number of halogens is 2. The van der Waals surface area contributed by atoms with Crippen LogP contribution in [-0.2, 0) is 0 Å². The SMILES string of the molecule is Cc1csc(C(Cl)c2ccc(-c3ccccc3)cc2)c1Cl. The van der Waals surface area contributed by atoms with Crippen LogP contribution in [0.15, 0.2) is 60.0 Å². The quantitative estimate of drug-likeness (QED) is 0.468. The van der Waals surface area contributed by atoms with Crippen LogP contribution < -0.4 is 0 Å². The third kappa shape index (κ3) is 3.01. The zero-order valence-electron chi connectivity index (χ0n) is 11.5. The third-order valence-electron chi connectivity index (χ3n) is 3.47. The van der Waals surface area contributed by atoms with Crippen molar-refractivity contribution in [3.8, 4) is 11.1 Å². The minimum Gasteiger partial charge on any atom is -0.145 e. The van der Waals surface area contributed by atoms with Crippen LogP contribution in [0, 0.1) is 6.92 Å². The Balaban J connectivity index is 1.89. The maximum Gasteiger partial charge on any atom is 0.0942 e. The highest BCUT2D eigenvalue weighted by Gasteiger charge is 2.17. The average molecular weight is 333 g/mol. The van der Waals surface area contributed by atoms with Crippen molar-refractivity contribution in [1.29, 1.82) is 0 Å². The fourth-order valence-corrected chi connectivity index (χ4v) is 4.02. The Morgan fingerprint density at radius 3 is 2.10 bits per heavy atom. The van der Waals surface area contributed by atoms with Gasteiger partial charge in [-0.1, -0.05) is 66.2 Å². The maximum absolute atomic E-state index is 6.57. The molecule has 2 aromatic carbocycles. The van der Waals surface area contributed by atoms with E-state index in [1.807, 2.05) is 30.5 Å². The van der Waals surface area contributed by atoms with Gasteiger partial charge >= 0.3 is 0 Å². The van der Waals surface area contributed by atoms with E-state index in [-0.39, 0.29) is 5.38 Å². The van der Waals surface area contributed by atoms with Gasteiger partial charge in [-0.05, 0) is 34.6 Å². The summed E-state index contributed by atoms with van der Waals surface area (Å²) < 4.78 is 0. The second-order valence-electron chi connectivity index (χ2n) is 4.95. The molecule has 106 valence electrons. The summed E-state index contributed by atoms with van der Waals surface area (Å²) in [5, 5.41) is 2.64. The molecule has 0 aliphatic rings. The van der Waals surface area contributed by atoms with Crippen molar-refractivity contribution in [2.24, 2.45) is 0 Å². The van der Waals surface area contributed by atoms with Gasteiger partial charge in [0.05, 0.1) is 10.4 Å². The lowest BCUT2D eigenvalue weighted by Crippen LogP contribution is -1.91. The summed E-state index contributed by atoms with van der Waals surface area (Å²) in [5.41, 5.74) is 4.56. The largest absolute Gasteiger partial charge is 0.145 e. The van der Waals surface area contributed by atoms with Gasteiger partial charge < -0.3 is 0 Å². The molecule has 0 N–H and O–H groups in total. The number of thiophene rings is 1. The van der Waals surface area contributed by atoms with Crippen LogP contribution in [0.25, 0.3) is 11.1 Å². The van der Waals surface area contributed by atoms with E-state index in [1.54, 1.807) is 11.3 Å². The molecule has 1 aromatic heterocycles. The lowest BCUT2D eigenvalue weighted by Gasteiger charge is -2.10. The Labute approximate surface area is 139 Å². The molecular weight excluding hydrogens is 319 g/mol. The summed E-state index contributed by atoms with van der Waals surface area (Å²) in [6.45, 7) is 2.00. The van der Waals surface area contributed by atoms with Gasteiger partial charge in [-0.2, -0.15) is 0 Å². The lowest BCUT2D eigenvalue weighted by atomic mass is 10.0. The van der Waals surface area contributed by atoms with E-state index in [0.29, 0.717) is 0 Å². The van der Waals surface area contributed by atoms with Gasteiger partial charge in [0.15, 0.2) is 0 Å². The summed E-state index contributed by atoms with van der Waals surface area (Å²) in [4.78, 5) is 1.02. The van der Waals surface area contributed by atoms with Crippen molar-refractivity contribution in [2.75, 3.05) is 0 Å². The van der Waals surface area contributed by atoms with Gasteiger partial charge in [0.2, 0.25) is 0 Å². The number of alkyl halides is 1. The minimum absolute atomic E-state index is 0.193. The molecule has 3 rings (SSSR count). The summed E-state index contributed by atoms with van der Waals surface area (Å²) in [5.74, 6) is 0. The molecule has 3 aromatic rings. The molecule has 0 radical (unpaired) electrons. The fraction of sp³-hybridized carbons (Fsp3) is 0.111. The highest BCUT2D eigenvalue weighted by atomic mass is 35.5. The van der Waals surface area contributed by atoms with Gasteiger partial charge in [-0.15, -0.1) is 22.9 Å². The van der Waals surface area contributed by atoms with Crippen molar-refractivity contribution in [3.05, 3.63) is 81.0 Å². The number of hydrogen-bond donors (Lipinski definition) is 0. The van der Waals surface area contributed by atoms with Gasteiger partial charge in [0, 0.05) is 4.88 Å². The van der Waals surface area contributed by atoms with Crippen molar-refractivity contribution >= 4 is 34.5 Å². The van der Waals surface area contributed by atoms with Crippen LogP contribution in [0.4, 0.5) is 0 Å². The van der Waals surface area contributed by atoms with Crippen LogP contribution >= 0.6 is 34.5 Å². The van der Waals surface area contributed by atoms with E-state index in [1.165, 1.54) is 11.1 Å². The van der Waals surface area contributed by atoms with Crippen LogP contribution in [-0.4, -0.2) is 0 Å². The number of hydrogen-bond acceptors (Lipinski definition) is 1. The van der Waals surface area contributed by atoms with Crippen molar-refractivity contribution in [1.82, 2.24) is 0 Å². The van der Waals surface area contributed by atoms with E-state index >= 15 is 0 Å². The van der Waals surface area contributed by atoms with Crippen molar-refractivity contribution < 1.29 is 0 Å². The summed E-state index contributed by atoms with van der Waals surface area (Å²) >= 11 is 14.5. The first-order valence-corrected chi connectivity index (χ1v) is 8.39. The molecule has 1 unspecified atom stereocenters. The van der Waals surface area contributed by atoms with Crippen LogP contribution in [0.2, 0.25) is 5.02 Å². The Kier molecular flexibility index (Phi) is 4.34. The van der Waals surface area contributed by atoms with Gasteiger partial charge in [-0.25, -0.2) is 0 Å². The Morgan fingerprint density at radius 1 is 0.905 bits per heavy atom. The number of benzene rings is 2. The molecule has 0 amide bonds. The highest BCUT2D eigenvalue weighted by Crippen LogP contribution is 2.39. The fourth-order valence-electron chi connectivity index (χ4n) is 2.25. The molecular formula is C18H14Cl2S. The first kappa shape index (κ1) is 14.6. The summed E-state index contributed by atoms with van der Waals surface area (Å²) in [6.07, 6.45) is 0. The van der Waals surface area contributed by atoms with Crippen LogP contribution in [0.3, 0.4) is 0 Å². The monoisotopic (exact) mass is 332 g/mol. The van der Waals surface area contributed by atoms with E-state index < -0.39 is 0 Å². The van der Waals surface area contributed by atoms with Crippen molar-refractivity contribution in [3.63, 3.8) is 0 Å². The molecule has 0 saturated heterocycles. The maximum atomic E-state index is 6.57. The zero-order valence-corrected chi connectivity index (χ0v) is 13.8. The molecule has 3 heteroatoms. The summed E-state index contributed by atoms with van der Waals surface area (Å²) in [6, 6.07) is 18.7. The zero-order chi connectivity index (χ0) is 14.8. The molecule has 0 nitrogen and oxygen atoms in total. The van der Waals surface area contributed by atoms with Gasteiger partial charge in [-0.3, -0.25) is 0 Å². The molecule has 0 saturated carbocycles. The van der Waals surface area contributed by atoms with Crippen molar-refractivity contribution in [2.45, 2.75) is 12.3 Å². The first-order chi connectivity index (χ1) is 10.2. The number of rotatable bonds is 3. The molecule has 21 heavy (non-hydrogen) atoms. The highest BCUT2D eigenvalue weighted by molar-refractivity contribution is 7.11. The first-order valence-electron chi connectivity index (χ1n) is 6.70. The summed E-state index contributed by atoms with van der Waals surface area (Å²) in [7, 11) is 0. The van der Waals surface area contributed by atoms with E-state index in [2.05, 4.69) is 36.4 Å². The molecule has 0 bridgehead atoms. The van der Waals surface area contributed by atoms with Crippen LogP contribution in [0.1, 0.15) is 21.4 Å². The van der Waals surface area contributed by atoms with E-state index in [4.69, 9.17) is 23.2 Å². The molecule has 0 aliphatic carbocycles.